The highest BCUT2D eigenvalue weighted by Crippen LogP contribution is 2.31. The standard InChI is InChI=1S/C17H21NO3/c1-11(2)21-14-8-5-6-13-16(14)12(10-18-13)17(19)15-7-3-4-9-20-15/h5-6,8,10-11,15,18H,3-4,7,9H2,1-2H3. The van der Waals surface area contributed by atoms with Crippen LogP contribution in [0, 0.1) is 0 Å². The first-order valence-corrected chi connectivity index (χ1v) is 7.59. The Morgan fingerprint density at radius 2 is 2.24 bits per heavy atom. The number of aromatic amines is 1. The second-order valence-electron chi connectivity index (χ2n) is 5.77. The van der Waals surface area contributed by atoms with Crippen molar-refractivity contribution in [2.24, 2.45) is 0 Å². The SMILES string of the molecule is CC(C)Oc1cccc2[nH]cc(C(=O)C3CCCCO3)c12. The van der Waals surface area contributed by atoms with Gasteiger partial charge in [-0.3, -0.25) is 4.79 Å². The lowest BCUT2D eigenvalue weighted by Gasteiger charge is -2.21. The molecule has 4 nitrogen and oxygen atoms in total. The molecule has 2 aromatic rings. The Kier molecular flexibility index (Phi) is 3.97. The minimum Gasteiger partial charge on any atom is -0.490 e. The summed E-state index contributed by atoms with van der Waals surface area (Å²) in [5.41, 5.74) is 1.60. The summed E-state index contributed by atoms with van der Waals surface area (Å²) in [6.45, 7) is 4.64. The van der Waals surface area contributed by atoms with Crippen LogP contribution in [0.25, 0.3) is 10.9 Å². The number of carbonyl (C=O) groups excluding carboxylic acids is 1. The van der Waals surface area contributed by atoms with E-state index in [-0.39, 0.29) is 18.0 Å². The van der Waals surface area contributed by atoms with Crippen molar-refractivity contribution >= 4 is 16.7 Å². The van der Waals surface area contributed by atoms with E-state index in [1.165, 1.54) is 0 Å². The lowest BCUT2D eigenvalue weighted by Crippen LogP contribution is -2.28. The summed E-state index contributed by atoms with van der Waals surface area (Å²) < 4.78 is 11.5. The Balaban J connectivity index is 1.99. The molecule has 1 aliphatic heterocycles. The summed E-state index contributed by atoms with van der Waals surface area (Å²) in [5.74, 6) is 0.809. The molecule has 1 aliphatic rings. The lowest BCUT2D eigenvalue weighted by atomic mass is 9.99. The molecule has 1 atom stereocenters. The fourth-order valence-corrected chi connectivity index (χ4v) is 2.82. The second-order valence-corrected chi connectivity index (χ2v) is 5.77. The molecule has 112 valence electrons. The molecule has 2 heterocycles. The lowest BCUT2D eigenvalue weighted by molar-refractivity contribution is 0.0187. The first-order valence-electron chi connectivity index (χ1n) is 7.59. The molecule has 1 N–H and O–H groups in total. The predicted octanol–water partition coefficient (Wildman–Crippen LogP) is 3.71. The van der Waals surface area contributed by atoms with Crippen molar-refractivity contribution in [1.82, 2.24) is 4.98 Å². The summed E-state index contributed by atoms with van der Waals surface area (Å²) in [6.07, 6.45) is 4.42. The van der Waals surface area contributed by atoms with E-state index in [2.05, 4.69) is 4.98 Å². The van der Waals surface area contributed by atoms with E-state index in [1.54, 1.807) is 6.20 Å². The summed E-state index contributed by atoms with van der Waals surface area (Å²) >= 11 is 0. The maximum atomic E-state index is 12.7. The van der Waals surface area contributed by atoms with Crippen LogP contribution in [-0.2, 0) is 4.74 Å². The first-order chi connectivity index (χ1) is 10.2. The molecule has 0 saturated carbocycles. The van der Waals surface area contributed by atoms with Crippen molar-refractivity contribution in [3.05, 3.63) is 30.0 Å². The number of hydrogen-bond donors (Lipinski definition) is 1. The molecule has 0 spiro atoms. The Bertz CT molecular complexity index is 639. The van der Waals surface area contributed by atoms with Crippen LogP contribution >= 0.6 is 0 Å². The van der Waals surface area contributed by atoms with Crippen LogP contribution in [0.2, 0.25) is 0 Å². The number of hydrogen-bond acceptors (Lipinski definition) is 3. The number of nitrogens with one attached hydrogen (secondary N) is 1. The van der Waals surface area contributed by atoms with Gasteiger partial charge in [0.25, 0.3) is 0 Å². The van der Waals surface area contributed by atoms with Crippen molar-refractivity contribution in [2.75, 3.05) is 6.61 Å². The summed E-state index contributed by atoms with van der Waals surface area (Å²) in [6, 6.07) is 5.80. The van der Waals surface area contributed by atoms with Crippen molar-refractivity contribution in [2.45, 2.75) is 45.3 Å². The minimum atomic E-state index is -0.315. The maximum absolute atomic E-state index is 12.7. The third-order valence-corrected chi connectivity index (χ3v) is 3.77. The Labute approximate surface area is 124 Å². The summed E-state index contributed by atoms with van der Waals surface area (Å²) in [7, 11) is 0. The zero-order valence-corrected chi connectivity index (χ0v) is 12.5. The highest BCUT2D eigenvalue weighted by atomic mass is 16.5. The fraction of sp³-hybridized carbons (Fsp3) is 0.471. The zero-order chi connectivity index (χ0) is 14.8. The normalized spacial score (nSPS) is 19.1. The van der Waals surface area contributed by atoms with Gasteiger partial charge >= 0.3 is 0 Å². The molecule has 4 heteroatoms. The Morgan fingerprint density at radius 3 is 2.95 bits per heavy atom. The molecule has 1 fully saturated rings. The van der Waals surface area contributed by atoms with Crippen LogP contribution in [0.5, 0.6) is 5.75 Å². The largest absolute Gasteiger partial charge is 0.490 e. The van der Waals surface area contributed by atoms with Gasteiger partial charge in [-0.05, 0) is 45.2 Å². The van der Waals surface area contributed by atoms with Crippen LogP contribution in [0.3, 0.4) is 0 Å². The summed E-state index contributed by atoms with van der Waals surface area (Å²) in [5, 5.41) is 0.866. The summed E-state index contributed by atoms with van der Waals surface area (Å²) in [4.78, 5) is 15.9. The quantitative estimate of drug-likeness (QED) is 0.872. The molecule has 0 bridgehead atoms. The molecule has 1 saturated heterocycles. The number of rotatable bonds is 4. The monoisotopic (exact) mass is 287 g/mol. The number of Topliss-reactive ketones (excluding diaryl/α,β-unsaturated/α-hetero) is 1. The van der Waals surface area contributed by atoms with Crippen LogP contribution < -0.4 is 4.74 Å². The Morgan fingerprint density at radius 1 is 1.38 bits per heavy atom. The van der Waals surface area contributed by atoms with Gasteiger partial charge in [0, 0.05) is 23.9 Å². The molecule has 1 aromatic heterocycles. The van der Waals surface area contributed by atoms with Gasteiger partial charge in [-0.25, -0.2) is 0 Å². The number of ketones is 1. The van der Waals surface area contributed by atoms with Gasteiger partial charge in [-0.2, -0.15) is 0 Å². The van der Waals surface area contributed by atoms with Crippen LogP contribution in [0.1, 0.15) is 43.5 Å². The van der Waals surface area contributed by atoms with Gasteiger partial charge in [0.2, 0.25) is 0 Å². The maximum Gasteiger partial charge on any atom is 0.193 e. The van der Waals surface area contributed by atoms with E-state index in [1.807, 2.05) is 32.0 Å². The average Bonchev–Trinajstić information content (AvgIpc) is 2.92. The molecular formula is C17H21NO3. The van der Waals surface area contributed by atoms with Crippen LogP contribution in [0.15, 0.2) is 24.4 Å². The molecule has 21 heavy (non-hydrogen) atoms. The third-order valence-electron chi connectivity index (χ3n) is 3.77. The highest BCUT2D eigenvalue weighted by molar-refractivity contribution is 6.11. The second kappa shape index (κ2) is 5.90. The van der Waals surface area contributed by atoms with Gasteiger partial charge in [0.05, 0.1) is 11.5 Å². The predicted molar refractivity (Wildman–Crippen MR) is 82.0 cm³/mol. The van der Waals surface area contributed by atoms with Crippen LogP contribution in [-0.4, -0.2) is 29.6 Å². The molecule has 1 unspecified atom stereocenters. The van der Waals surface area contributed by atoms with E-state index < -0.39 is 0 Å². The van der Waals surface area contributed by atoms with Crippen LogP contribution in [0.4, 0.5) is 0 Å². The van der Waals surface area contributed by atoms with Gasteiger partial charge < -0.3 is 14.5 Å². The minimum absolute atomic E-state index is 0.0563. The number of fused-ring (bicyclic) bond motifs is 1. The number of aromatic nitrogens is 1. The van der Waals surface area contributed by atoms with Crippen molar-refractivity contribution < 1.29 is 14.3 Å². The van der Waals surface area contributed by atoms with Gasteiger partial charge in [-0.1, -0.05) is 6.07 Å². The number of ether oxygens (including phenoxy) is 2. The van der Waals surface area contributed by atoms with Crippen molar-refractivity contribution in [3.63, 3.8) is 0 Å². The van der Waals surface area contributed by atoms with Crippen molar-refractivity contribution in [1.29, 1.82) is 0 Å². The van der Waals surface area contributed by atoms with E-state index in [9.17, 15) is 4.79 Å². The Hall–Kier alpha value is -1.81. The van der Waals surface area contributed by atoms with Crippen molar-refractivity contribution in [3.8, 4) is 5.75 Å². The molecule has 1 aromatic carbocycles. The number of carbonyl (C=O) groups is 1. The number of benzene rings is 1. The van der Waals surface area contributed by atoms with Gasteiger partial charge in [0.1, 0.15) is 11.9 Å². The molecule has 0 radical (unpaired) electrons. The van der Waals surface area contributed by atoms with E-state index >= 15 is 0 Å². The number of H-pyrrole nitrogens is 1. The van der Waals surface area contributed by atoms with E-state index in [0.29, 0.717) is 12.2 Å². The average molecular weight is 287 g/mol. The van der Waals surface area contributed by atoms with E-state index in [0.717, 1.165) is 35.9 Å². The molecule has 0 aliphatic carbocycles. The van der Waals surface area contributed by atoms with Gasteiger partial charge in [-0.15, -0.1) is 0 Å². The first kappa shape index (κ1) is 14.1. The molecule has 0 amide bonds. The molecule has 3 rings (SSSR count). The highest BCUT2D eigenvalue weighted by Gasteiger charge is 2.26. The van der Waals surface area contributed by atoms with E-state index in [4.69, 9.17) is 9.47 Å². The smallest absolute Gasteiger partial charge is 0.193 e. The van der Waals surface area contributed by atoms with Gasteiger partial charge in [0.15, 0.2) is 5.78 Å². The fourth-order valence-electron chi connectivity index (χ4n) is 2.82. The topological polar surface area (TPSA) is 51.3 Å². The third kappa shape index (κ3) is 2.81. The zero-order valence-electron chi connectivity index (χ0n) is 12.5. The molecular weight excluding hydrogens is 266 g/mol.